The summed E-state index contributed by atoms with van der Waals surface area (Å²) in [6.45, 7) is 0. The maximum atomic E-state index is 12.4. The van der Waals surface area contributed by atoms with Crippen LogP contribution in [-0.4, -0.2) is 13.5 Å². The molecule has 0 spiro atoms. The van der Waals surface area contributed by atoms with Gasteiger partial charge in [-0.1, -0.05) is 11.6 Å². The maximum Gasteiger partial charge on any atom is 0.420 e. The molecule has 0 unspecified atom stereocenters. The van der Waals surface area contributed by atoms with E-state index in [0.29, 0.717) is 6.07 Å². The third kappa shape index (κ3) is 3.93. The smallest absolute Gasteiger partial charge is 0.420 e. The molecule has 0 aromatic heterocycles. The number of rotatable bonds is 2. The average molecular weight is 309 g/mol. The summed E-state index contributed by atoms with van der Waals surface area (Å²) in [6.07, 6.45) is -4.83. The molecule has 1 aromatic rings. The predicted octanol–water partition coefficient (Wildman–Crippen LogP) is 3.13. The Kier molecular flexibility index (Phi) is 3.85. The lowest BCUT2D eigenvalue weighted by Crippen LogP contribution is -2.07. The molecule has 0 heterocycles. The van der Waals surface area contributed by atoms with Crippen LogP contribution in [0.15, 0.2) is 12.1 Å². The van der Waals surface area contributed by atoms with Crippen LogP contribution in [0, 0.1) is 0 Å². The van der Waals surface area contributed by atoms with Gasteiger partial charge in [-0.3, -0.25) is 0 Å². The molecule has 0 radical (unpaired) electrons. The normalized spacial score (nSPS) is 12.8. The fraction of sp³-hybridized carbons (Fsp3) is 0.250. The van der Waals surface area contributed by atoms with Crippen molar-refractivity contribution < 1.29 is 26.7 Å². The van der Waals surface area contributed by atoms with Crippen LogP contribution in [0.2, 0.25) is 5.02 Å². The molecule has 0 bridgehead atoms. The summed E-state index contributed by atoms with van der Waals surface area (Å²) < 4.78 is 58.8. The molecule has 0 amide bonds. The lowest BCUT2D eigenvalue weighted by atomic mass is 10.1. The molecule has 0 saturated heterocycles. The second kappa shape index (κ2) is 4.55. The highest BCUT2D eigenvalue weighted by atomic mass is 35.7. The molecule has 9 heteroatoms. The standard InChI is InChI=1S/C8H5Cl2F3O3S/c9-6-2-4(3-17(10,15)16)1-5(7(6)14)8(11,12)13/h1-2,14H,3H2. The Hall–Kier alpha value is -0.660. The molecule has 96 valence electrons. The maximum absolute atomic E-state index is 12.4. The second-order valence-electron chi connectivity index (χ2n) is 3.15. The van der Waals surface area contributed by atoms with Crippen LogP contribution in [0.25, 0.3) is 0 Å². The molecule has 1 N–H and O–H groups in total. The van der Waals surface area contributed by atoms with Crippen molar-refractivity contribution in [1.29, 1.82) is 0 Å². The highest BCUT2D eigenvalue weighted by Gasteiger charge is 2.35. The first-order valence-electron chi connectivity index (χ1n) is 4.01. The Morgan fingerprint density at radius 1 is 1.29 bits per heavy atom. The topological polar surface area (TPSA) is 54.4 Å². The van der Waals surface area contributed by atoms with Gasteiger partial charge in [-0.2, -0.15) is 13.2 Å². The van der Waals surface area contributed by atoms with Gasteiger partial charge >= 0.3 is 6.18 Å². The van der Waals surface area contributed by atoms with E-state index < -0.39 is 37.3 Å². The Bertz CT molecular complexity index is 540. The largest absolute Gasteiger partial charge is 0.506 e. The molecule has 0 aliphatic rings. The van der Waals surface area contributed by atoms with Gasteiger partial charge in [-0.05, 0) is 17.7 Å². The molecular weight excluding hydrogens is 304 g/mol. The van der Waals surface area contributed by atoms with Gasteiger partial charge < -0.3 is 5.11 Å². The van der Waals surface area contributed by atoms with Crippen molar-refractivity contribution in [3.63, 3.8) is 0 Å². The lowest BCUT2D eigenvalue weighted by Gasteiger charge is -2.11. The Morgan fingerprint density at radius 3 is 2.24 bits per heavy atom. The second-order valence-corrected chi connectivity index (χ2v) is 6.34. The summed E-state index contributed by atoms with van der Waals surface area (Å²) in [5.41, 5.74) is -1.66. The molecule has 0 atom stereocenters. The quantitative estimate of drug-likeness (QED) is 0.854. The van der Waals surface area contributed by atoms with Gasteiger partial charge in [0, 0.05) is 10.7 Å². The van der Waals surface area contributed by atoms with E-state index >= 15 is 0 Å². The van der Waals surface area contributed by atoms with Crippen LogP contribution < -0.4 is 0 Å². The van der Waals surface area contributed by atoms with Crippen LogP contribution in [0.3, 0.4) is 0 Å². The van der Waals surface area contributed by atoms with E-state index in [9.17, 15) is 21.6 Å². The fourth-order valence-electron chi connectivity index (χ4n) is 1.15. The van der Waals surface area contributed by atoms with Gasteiger partial charge in [-0.25, -0.2) is 8.42 Å². The van der Waals surface area contributed by atoms with Crippen molar-refractivity contribution in [2.45, 2.75) is 11.9 Å². The molecular formula is C8H5Cl2F3O3S. The Labute approximate surface area is 104 Å². The fourth-order valence-corrected chi connectivity index (χ4v) is 2.34. The molecule has 3 nitrogen and oxygen atoms in total. The summed E-state index contributed by atoms with van der Waals surface area (Å²) in [5.74, 6) is -1.95. The molecule has 1 aromatic carbocycles. The molecule has 0 aliphatic carbocycles. The number of phenols is 1. The number of hydrogen-bond donors (Lipinski definition) is 1. The van der Waals surface area contributed by atoms with Crippen molar-refractivity contribution >= 4 is 31.3 Å². The monoisotopic (exact) mass is 308 g/mol. The van der Waals surface area contributed by atoms with Gasteiger partial charge in [0.25, 0.3) is 0 Å². The number of phenolic OH excluding ortho intramolecular Hbond substituents is 1. The first kappa shape index (κ1) is 14.4. The summed E-state index contributed by atoms with van der Waals surface area (Å²) in [6, 6.07) is 1.40. The SMILES string of the molecule is O=S(=O)(Cl)Cc1cc(Cl)c(O)c(C(F)(F)F)c1. The van der Waals surface area contributed by atoms with Gasteiger partial charge in [0.05, 0.1) is 16.3 Å². The van der Waals surface area contributed by atoms with Crippen LogP contribution in [0.1, 0.15) is 11.1 Å². The van der Waals surface area contributed by atoms with Crippen LogP contribution in [0.4, 0.5) is 13.2 Å². The van der Waals surface area contributed by atoms with E-state index in [-0.39, 0.29) is 5.56 Å². The number of aromatic hydroxyl groups is 1. The average Bonchev–Trinajstić information content (AvgIpc) is 2.06. The number of halogens is 5. The summed E-state index contributed by atoms with van der Waals surface area (Å²) in [5, 5.41) is 8.53. The third-order valence-electron chi connectivity index (χ3n) is 1.77. The zero-order valence-corrected chi connectivity index (χ0v) is 10.3. The number of alkyl halides is 3. The predicted molar refractivity (Wildman–Crippen MR) is 56.6 cm³/mol. The highest BCUT2D eigenvalue weighted by molar-refractivity contribution is 8.13. The molecule has 0 aliphatic heterocycles. The van der Waals surface area contributed by atoms with Crippen molar-refractivity contribution in [3.05, 3.63) is 28.3 Å². The van der Waals surface area contributed by atoms with Gasteiger partial charge in [0.2, 0.25) is 9.05 Å². The minimum Gasteiger partial charge on any atom is -0.506 e. The number of hydrogen-bond acceptors (Lipinski definition) is 3. The van der Waals surface area contributed by atoms with Crippen molar-refractivity contribution in [2.75, 3.05) is 0 Å². The van der Waals surface area contributed by atoms with Gasteiger partial charge in [0.1, 0.15) is 5.75 Å². The van der Waals surface area contributed by atoms with E-state index in [1.807, 2.05) is 0 Å². The summed E-state index contributed by atoms with van der Waals surface area (Å²) >= 11 is 5.37. The Morgan fingerprint density at radius 2 is 1.82 bits per heavy atom. The summed E-state index contributed by atoms with van der Waals surface area (Å²) in [4.78, 5) is 0. The number of benzene rings is 1. The van der Waals surface area contributed by atoms with E-state index in [4.69, 9.17) is 27.4 Å². The third-order valence-corrected chi connectivity index (χ3v) is 3.06. The van der Waals surface area contributed by atoms with E-state index in [1.165, 1.54) is 0 Å². The van der Waals surface area contributed by atoms with Crippen molar-refractivity contribution in [2.24, 2.45) is 0 Å². The first-order chi connectivity index (χ1) is 7.50. The van der Waals surface area contributed by atoms with Gasteiger partial charge in [-0.15, -0.1) is 0 Å². The van der Waals surface area contributed by atoms with Crippen LogP contribution >= 0.6 is 22.3 Å². The van der Waals surface area contributed by atoms with Crippen molar-refractivity contribution in [3.8, 4) is 5.75 Å². The van der Waals surface area contributed by atoms with Gasteiger partial charge in [0.15, 0.2) is 0 Å². The molecule has 0 fully saturated rings. The molecule has 0 saturated carbocycles. The van der Waals surface area contributed by atoms with E-state index in [0.717, 1.165) is 6.07 Å². The lowest BCUT2D eigenvalue weighted by molar-refractivity contribution is -0.138. The van der Waals surface area contributed by atoms with Crippen LogP contribution in [-0.2, 0) is 21.0 Å². The van der Waals surface area contributed by atoms with Crippen molar-refractivity contribution in [1.82, 2.24) is 0 Å². The summed E-state index contributed by atoms with van der Waals surface area (Å²) in [7, 11) is 0.907. The minimum absolute atomic E-state index is 0.255. The zero-order valence-electron chi connectivity index (χ0n) is 7.92. The molecule has 1 rings (SSSR count). The van der Waals surface area contributed by atoms with Crippen LogP contribution in [0.5, 0.6) is 5.75 Å². The molecule has 17 heavy (non-hydrogen) atoms. The van der Waals surface area contributed by atoms with E-state index in [2.05, 4.69) is 0 Å². The Balaban J connectivity index is 3.34. The highest BCUT2D eigenvalue weighted by Crippen LogP contribution is 2.40. The zero-order chi connectivity index (χ0) is 13.4. The van der Waals surface area contributed by atoms with E-state index in [1.54, 1.807) is 0 Å². The minimum atomic E-state index is -4.83. The first-order valence-corrected chi connectivity index (χ1v) is 6.87.